The third kappa shape index (κ3) is 3.06. The number of ether oxygens (including phenoxy) is 1. The number of pyridine rings is 1. The summed E-state index contributed by atoms with van der Waals surface area (Å²) in [5, 5.41) is 3.94. The second kappa shape index (κ2) is 6.04. The van der Waals surface area contributed by atoms with E-state index in [-0.39, 0.29) is 6.04 Å². The van der Waals surface area contributed by atoms with Crippen LogP contribution in [0.3, 0.4) is 0 Å². The minimum Gasteiger partial charge on any atom is -0.481 e. The number of aromatic nitrogens is 1. The van der Waals surface area contributed by atoms with Crippen molar-refractivity contribution in [1.29, 1.82) is 0 Å². The summed E-state index contributed by atoms with van der Waals surface area (Å²) in [6.07, 6.45) is 1.73. The molecule has 19 heavy (non-hydrogen) atoms. The lowest BCUT2D eigenvalue weighted by Gasteiger charge is -2.14. The average molecular weight is 277 g/mol. The van der Waals surface area contributed by atoms with Crippen LogP contribution in [0.2, 0.25) is 5.02 Å². The highest BCUT2D eigenvalue weighted by atomic mass is 35.5. The predicted octanol–water partition coefficient (Wildman–Crippen LogP) is 3.69. The average Bonchev–Trinajstić information content (AvgIpc) is 2.46. The van der Waals surface area contributed by atoms with Gasteiger partial charge in [0.1, 0.15) is 0 Å². The summed E-state index contributed by atoms with van der Waals surface area (Å²) in [6.45, 7) is 2.08. The Kier molecular flexibility index (Phi) is 4.40. The molecule has 0 aliphatic rings. The van der Waals surface area contributed by atoms with Gasteiger partial charge in [-0.25, -0.2) is 4.98 Å². The molecule has 2 aromatic rings. The summed E-state index contributed by atoms with van der Waals surface area (Å²) in [7, 11) is 3.53. The molecule has 1 unspecified atom stereocenters. The van der Waals surface area contributed by atoms with Gasteiger partial charge in [-0.1, -0.05) is 23.7 Å². The highest BCUT2D eigenvalue weighted by Gasteiger charge is 2.09. The van der Waals surface area contributed by atoms with E-state index < -0.39 is 0 Å². The summed E-state index contributed by atoms with van der Waals surface area (Å²) in [5.74, 6) is 0.598. The highest BCUT2D eigenvalue weighted by molar-refractivity contribution is 6.31. The predicted molar refractivity (Wildman–Crippen MR) is 78.7 cm³/mol. The third-order valence-corrected chi connectivity index (χ3v) is 3.50. The fourth-order valence-corrected chi connectivity index (χ4v) is 2.26. The third-order valence-electron chi connectivity index (χ3n) is 3.18. The molecule has 4 heteroatoms. The smallest absolute Gasteiger partial charge is 0.213 e. The van der Waals surface area contributed by atoms with Gasteiger partial charge in [0.15, 0.2) is 0 Å². The van der Waals surface area contributed by atoms with E-state index in [4.69, 9.17) is 16.3 Å². The number of hydrogen-bond acceptors (Lipinski definition) is 3. The zero-order chi connectivity index (χ0) is 13.8. The lowest BCUT2D eigenvalue weighted by Crippen LogP contribution is -2.12. The quantitative estimate of drug-likeness (QED) is 0.925. The first-order valence-corrected chi connectivity index (χ1v) is 6.50. The van der Waals surface area contributed by atoms with Crippen LogP contribution in [-0.2, 0) is 0 Å². The lowest BCUT2D eigenvalue weighted by atomic mass is 10.0. The summed E-state index contributed by atoms with van der Waals surface area (Å²) >= 11 is 6.34. The van der Waals surface area contributed by atoms with Gasteiger partial charge in [0.25, 0.3) is 0 Å². The lowest BCUT2D eigenvalue weighted by molar-refractivity contribution is 0.398. The number of methoxy groups -OCH3 is 1. The van der Waals surface area contributed by atoms with Crippen LogP contribution in [-0.4, -0.2) is 19.1 Å². The molecule has 2 rings (SSSR count). The van der Waals surface area contributed by atoms with Crippen molar-refractivity contribution < 1.29 is 4.74 Å². The number of halogens is 1. The molecule has 0 amide bonds. The fraction of sp³-hybridized carbons (Fsp3) is 0.267. The van der Waals surface area contributed by atoms with E-state index in [9.17, 15) is 0 Å². The minimum absolute atomic E-state index is 0.230. The van der Waals surface area contributed by atoms with E-state index in [1.165, 1.54) is 0 Å². The van der Waals surface area contributed by atoms with E-state index in [2.05, 4.69) is 23.3 Å². The first-order valence-electron chi connectivity index (χ1n) is 6.13. The Labute approximate surface area is 118 Å². The molecule has 1 aromatic heterocycles. The molecule has 100 valence electrons. The van der Waals surface area contributed by atoms with Gasteiger partial charge in [0.2, 0.25) is 5.88 Å². The van der Waals surface area contributed by atoms with Crippen LogP contribution in [0, 0.1) is 0 Å². The van der Waals surface area contributed by atoms with Gasteiger partial charge >= 0.3 is 0 Å². The SMILES string of the molecule is CNC(C)c1ccc(-c2ccnc(OC)c2)cc1Cl. The maximum absolute atomic E-state index is 6.34. The summed E-state index contributed by atoms with van der Waals surface area (Å²) in [5.41, 5.74) is 3.18. The van der Waals surface area contributed by atoms with E-state index >= 15 is 0 Å². The van der Waals surface area contributed by atoms with Crippen molar-refractivity contribution in [3.8, 4) is 17.0 Å². The van der Waals surface area contributed by atoms with Crippen molar-refractivity contribution in [2.45, 2.75) is 13.0 Å². The molecule has 1 N–H and O–H groups in total. The monoisotopic (exact) mass is 276 g/mol. The van der Waals surface area contributed by atoms with Crippen LogP contribution in [0.5, 0.6) is 5.88 Å². The Bertz CT molecular complexity index is 572. The van der Waals surface area contributed by atoms with Crippen LogP contribution in [0.25, 0.3) is 11.1 Å². The molecule has 1 aromatic carbocycles. The van der Waals surface area contributed by atoms with Gasteiger partial charge in [-0.15, -0.1) is 0 Å². The number of nitrogens with one attached hydrogen (secondary N) is 1. The van der Waals surface area contributed by atoms with Crippen molar-refractivity contribution in [1.82, 2.24) is 10.3 Å². The molecule has 0 aliphatic carbocycles. The van der Waals surface area contributed by atoms with E-state index in [1.807, 2.05) is 31.3 Å². The van der Waals surface area contributed by atoms with E-state index in [1.54, 1.807) is 13.3 Å². The first kappa shape index (κ1) is 13.8. The standard InChI is InChI=1S/C15H17ClN2O/c1-10(17-2)13-5-4-11(8-14(13)16)12-6-7-18-15(9-12)19-3/h4-10,17H,1-3H3. The molecule has 0 spiro atoms. The molecule has 0 aliphatic heterocycles. The number of nitrogens with zero attached hydrogens (tertiary/aromatic N) is 1. The Hall–Kier alpha value is -1.58. The Morgan fingerprint density at radius 3 is 2.58 bits per heavy atom. The van der Waals surface area contributed by atoms with Gasteiger partial charge in [0, 0.05) is 23.3 Å². The second-order valence-electron chi connectivity index (χ2n) is 4.33. The van der Waals surface area contributed by atoms with Crippen molar-refractivity contribution in [3.05, 3.63) is 47.1 Å². The van der Waals surface area contributed by atoms with Crippen LogP contribution < -0.4 is 10.1 Å². The molecule has 0 radical (unpaired) electrons. The highest BCUT2D eigenvalue weighted by Crippen LogP contribution is 2.29. The minimum atomic E-state index is 0.230. The maximum atomic E-state index is 6.34. The largest absolute Gasteiger partial charge is 0.481 e. The molecule has 0 bridgehead atoms. The van der Waals surface area contributed by atoms with Crippen molar-refractivity contribution in [2.75, 3.05) is 14.2 Å². The zero-order valence-corrected chi connectivity index (χ0v) is 12.0. The van der Waals surface area contributed by atoms with Gasteiger partial charge in [-0.3, -0.25) is 0 Å². The first-order chi connectivity index (χ1) is 9.15. The van der Waals surface area contributed by atoms with Crippen LogP contribution >= 0.6 is 11.6 Å². The molecule has 0 saturated heterocycles. The van der Waals surface area contributed by atoms with Crippen LogP contribution in [0.1, 0.15) is 18.5 Å². The summed E-state index contributed by atoms with van der Waals surface area (Å²) in [6, 6.07) is 10.1. The number of hydrogen-bond donors (Lipinski definition) is 1. The van der Waals surface area contributed by atoms with Crippen molar-refractivity contribution >= 4 is 11.6 Å². The maximum Gasteiger partial charge on any atom is 0.213 e. The van der Waals surface area contributed by atoms with E-state index in [0.29, 0.717) is 5.88 Å². The fourth-order valence-electron chi connectivity index (χ4n) is 1.91. The van der Waals surface area contributed by atoms with Gasteiger partial charge < -0.3 is 10.1 Å². The molecular formula is C15H17ClN2O. The number of rotatable bonds is 4. The van der Waals surface area contributed by atoms with Gasteiger partial charge in [0.05, 0.1) is 7.11 Å². The molecule has 0 fully saturated rings. The van der Waals surface area contributed by atoms with Gasteiger partial charge in [-0.05, 0) is 42.8 Å². The van der Waals surface area contributed by atoms with Crippen LogP contribution in [0.4, 0.5) is 0 Å². The van der Waals surface area contributed by atoms with Crippen molar-refractivity contribution in [3.63, 3.8) is 0 Å². The Balaban J connectivity index is 2.38. The summed E-state index contributed by atoms with van der Waals surface area (Å²) < 4.78 is 5.13. The van der Waals surface area contributed by atoms with Gasteiger partial charge in [-0.2, -0.15) is 0 Å². The Morgan fingerprint density at radius 1 is 1.21 bits per heavy atom. The molecule has 1 atom stereocenters. The number of benzene rings is 1. The zero-order valence-electron chi connectivity index (χ0n) is 11.3. The molecule has 3 nitrogen and oxygen atoms in total. The van der Waals surface area contributed by atoms with Crippen molar-refractivity contribution in [2.24, 2.45) is 0 Å². The molecule has 0 saturated carbocycles. The molecule has 1 heterocycles. The molecular weight excluding hydrogens is 260 g/mol. The second-order valence-corrected chi connectivity index (χ2v) is 4.74. The van der Waals surface area contributed by atoms with E-state index in [0.717, 1.165) is 21.7 Å². The van der Waals surface area contributed by atoms with Crippen LogP contribution in [0.15, 0.2) is 36.5 Å². The summed E-state index contributed by atoms with van der Waals surface area (Å²) in [4.78, 5) is 4.10. The topological polar surface area (TPSA) is 34.2 Å². The Morgan fingerprint density at radius 2 is 1.95 bits per heavy atom. The normalized spacial score (nSPS) is 12.2.